The van der Waals surface area contributed by atoms with Crippen LogP contribution in [0.4, 0.5) is 5.69 Å². The molecule has 2 aromatic rings. The van der Waals surface area contributed by atoms with Crippen LogP contribution in [0.1, 0.15) is 15.9 Å². The molecule has 0 atom stereocenters. The van der Waals surface area contributed by atoms with Crippen molar-refractivity contribution >= 4 is 17.6 Å². The van der Waals surface area contributed by atoms with Crippen LogP contribution >= 0.6 is 0 Å². The molecule has 20 heavy (non-hydrogen) atoms. The number of anilines is 1. The minimum atomic E-state index is -0.398. The number of hydrogen-bond donors (Lipinski definition) is 1. The van der Waals surface area contributed by atoms with Crippen molar-refractivity contribution in [3.8, 4) is 0 Å². The number of ether oxygens (including phenoxy) is 1. The lowest BCUT2D eigenvalue weighted by Crippen LogP contribution is -2.12. The third-order valence-corrected chi connectivity index (χ3v) is 2.69. The van der Waals surface area contributed by atoms with Crippen LogP contribution in [0.2, 0.25) is 0 Å². The fourth-order valence-corrected chi connectivity index (χ4v) is 1.70. The summed E-state index contributed by atoms with van der Waals surface area (Å²) in [6, 6.07) is 7.28. The molecule has 0 spiro atoms. The third-order valence-electron chi connectivity index (χ3n) is 2.69. The maximum atomic E-state index is 12.0. The van der Waals surface area contributed by atoms with Crippen molar-refractivity contribution in [2.24, 2.45) is 0 Å². The van der Waals surface area contributed by atoms with Crippen molar-refractivity contribution in [3.63, 3.8) is 0 Å². The summed E-state index contributed by atoms with van der Waals surface area (Å²) in [6.45, 7) is 1.93. The normalized spacial score (nSPS) is 10.1. The fourth-order valence-electron chi connectivity index (χ4n) is 1.70. The van der Waals surface area contributed by atoms with Gasteiger partial charge in [0.05, 0.1) is 19.0 Å². The molecular formula is C14H15N3O3. The van der Waals surface area contributed by atoms with Crippen LogP contribution < -0.4 is 5.32 Å². The molecule has 1 heterocycles. The molecule has 1 aromatic carbocycles. The Morgan fingerprint density at radius 1 is 1.40 bits per heavy atom. The molecule has 0 radical (unpaired) electrons. The second kappa shape index (κ2) is 6.01. The van der Waals surface area contributed by atoms with Gasteiger partial charge >= 0.3 is 5.97 Å². The third kappa shape index (κ3) is 3.44. The Morgan fingerprint density at radius 2 is 2.20 bits per heavy atom. The van der Waals surface area contributed by atoms with Crippen LogP contribution in [-0.2, 0) is 16.1 Å². The number of carbonyl (C=O) groups is 2. The zero-order valence-corrected chi connectivity index (χ0v) is 11.3. The first-order valence-electron chi connectivity index (χ1n) is 6.06. The number of esters is 1. The second-order valence-electron chi connectivity index (χ2n) is 4.33. The molecule has 6 heteroatoms. The van der Waals surface area contributed by atoms with Crippen molar-refractivity contribution in [2.75, 3.05) is 12.4 Å². The van der Waals surface area contributed by atoms with Crippen LogP contribution in [0.3, 0.4) is 0 Å². The first-order chi connectivity index (χ1) is 9.58. The highest BCUT2D eigenvalue weighted by Crippen LogP contribution is 2.09. The Balaban J connectivity index is 2.03. The molecule has 0 aliphatic carbocycles. The number of aromatic nitrogens is 2. The molecule has 0 saturated carbocycles. The quantitative estimate of drug-likeness (QED) is 0.859. The number of nitrogens with zero attached hydrogens (tertiary/aromatic N) is 2. The molecule has 0 saturated heterocycles. The van der Waals surface area contributed by atoms with Gasteiger partial charge in [-0.15, -0.1) is 0 Å². The summed E-state index contributed by atoms with van der Waals surface area (Å²) < 4.78 is 5.94. The first-order valence-corrected chi connectivity index (χ1v) is 6.06. The monoisotopic (exact) mass is 273 g/mol. The summed E-state index contributed by atoms with van der Waals surface area (Å²) in [7, 11) is 1.31. The molecule has 1 N–H and O–H groups in total. The maximum absolute atomic E-state index is 12.0. The average molecular weight is 273 g/mol. The topological polar surface area (TPSA) is 73.2 Å². The van der Waals surface area contributed by atoms with Crippen molar-refractivity contribution in [1.29, 1.82) is 0 Å². The minimum Gasteiger partial charge on any atom is -0.468 e. The SMILES string of the molecule is COC(=O)Cn1cc(NC(=O)c2cccc(C)c2)cn1. The van der Waals surface area contributed by atoms with Crippen LogP contribution in [0, 0.1) is 6.92 Å². The fraction of sp³-hybridized carbons (Fsp3) is 0.214. The molecule has 1 amide bonds. The molecule has 0 fully saturated rings. The number of rotatable bonds is 4. The van der Waals surface area contributed by atoms with E-state index in [1.165, 1.54) is 18.0 Å². The van der Waals surface area contributed by atoms with Gasteiger partial charge in [0.25, 0.3) is 5.91 Å². The number of hydrogen-bond acceptors (Lipinski definition) is 4. The molecule has 0 aliphatic heterocycles. The number of methoxy groups -OCH3 is 1. The van der Waals surface area contributed by atoms with Crippen molar-refractivity contribution in [1.82, 2.24) is 9.78 Å². The van der Waals surface area contributed by atoms with Crippen molar-refractivity contribution < 1.29 is 14.3 Å². The van der Waals surface area contributed by atoms with E-state index in [1.807, 2.05) is 19.1 Å². The van der Waals surface area contributed by atoms with Gasteiger partial charge in [0.2, 0.25) is 0 Å². The lowest BCUT2D eigenvalue weighted by molar-refractivity contribution is -0.141. The summed E-state index contributed by atoms with van der Waals surface area (Å²) in [5, 5.41) is 6.69. The molecule has 0 bridgehead atoms. The van der Waals surface area contributed by atoms with Gasteiger partial charge in [0, 0.05) is 11.8 Å². The lowest BCUT2D eigenvalue weighted by atomic mass is 10.1. The van der Waals surface area contributed by atoms with E-state index in [-0.39, 0.29) is 12.5 Å². The largest absolute Gasteiger partial charge is 0.468 e. The summed E-state index contributed by atoms with van der Waals surface area (Å²) in [5.41, 5.74) is 2.12. The number of carbonyl (C=O) groups excluding carboxylic acids is 2. The van der Waals surface area contributed by atoms with E-state index in [2.05, 4.69) is 15.2 Å². The molecule has 6 nitrogen and oxygen atoms in total. The number of benzene rings is 1. The summed E-state index contributed by atoms with van der Waals surface area (Å²) in [4.78, 5) is 23.1. The van der Waals surface area contributed by atoms with E-state index in [0.717, 1.165) is 5.56 Å². The number of nitrogens with one attached hydrogen (secondary N) is 1. The van der Waals surface area contributed by atoms with Gasteiger partial charge in [0.15, 0.2) is 0 Å². The van der Waals surface area contributed by atoms with E-state index in [0.29, 0.717) is 11.3 Å². The van der Waals surface area contributed by atoms with Crippen molar-refractivity contribution in [3.05, 3.63) is 47.8 Å². The van der Waals surface area contributed by atoms with E-state index in [1.54, 1.807) is 18.3 Å². The highest BCUT2D eigenvalue weighted by molar-refractivity contribution is 6.04. The van der Waals surface area contributed by atoms with Gasteiger partial charge in [-0.1, -0.05) is 17.7 Å². The summed E-state index contributed by atoms with van der Waals surface area (Å²) in [5.74, 6) is -0.615. The smallest absolute Gasteiger partial charge is 0.327 e. The van der Waals surface area contributed by atoms with Crippen LogP contribution in [0.15, 0.2) is 36.7 Å². The second-order valence-corrected chi connectivity index (χ2v) is 4.33. The first kappa shape index (κ1) is 13.8. The van der Waals surface area contributed by atoms with Crippen LogP contribution in [0.25, 0.3) is 0 Å². The van der Waals surface area contributed by atoms with Gasteiger partial charge in [0.1, 0.15) is 6.54 Å². The zero-order valence-electron chi connectivity index (χ0n) is 11.3. The standard InChI is InChI=1S/C14H15N3O3/c1-10-4-3-5-11(6-10)14(19)16-12-7-15-17(8-12)9-13(18)20-2/h3-8H,9H2,1-2H3,(H,16,19). The van der Waals surface area contributed by atoms with E-state index >= 15 is 0 Å². The van der Waals surface area contributed by atoms with E-state index in [4.69, 9.17) is 0 Å². The Hall–Kier alpha value is -2.63. The molecular weight excluding hydrogens is 258 g/mol. The zero-order chi connectivity index (χ0) is 14.5. The van der Waals surface area contributed by atoms with E-state index < -0.39 is 5.97 Å². The molecule has 0 aliphatic rings. The predicted molar refractivity (Wildman–Crippen MR) is 73.4 cm³/mol. The molecule has 2 rings (SSSR count). The van der Waals surface area contributed by atoms with E-state index in [9.17, 15) is 9.59 Å². The maximum Gasteiger partial charge on any atom is 0.327 e. The Morgan fingerprint density at radius 3 is 2.90 bits per heavy atom. The number of aryl methyl sites for hydroxylation is 1. The highest BCUT2D eigenvalue weighted by atomic mass is 16.5. The van der Waals surface area contributed by atoms with Gasteiger partial charge in [-0.3, -0.25) is 14.3 Å². The average Bonchev–Trinajstić information content (AvgIpc) is 2.85. The van der Waals surface area contributed by atoms with Crippen LogP contribution in [0.5, 0.6) is 0 Å². The molecule has 104 valence electrons. The van der Waals surface area contributed by atoms with Gasteiger partial charge in [-0.05, 0) is 19.1 Å². The summed E-state index contributed by atoms with van der Waals surface area (Å²) >= 11 is 0. The van der Waals surface area contributed by atoms with Crippen LogP contribution in [-0.4, -0.2) is 28.8 Å². The Bertz CT molecular complexity index is 634. The lowest BCUT2D eigenvalue weighted by Gasteiger charge is -2.03. The Kier molecular flexibility index (Phi) is 4.14. The Labute approximate surface area is 116 Å². The predicted octanol–water partition coefficient (Wildman–Crippen LogP) is 1.62. The molecule has 1 aromatic heterocycles. The summed E-state index contributed by atoms with van der Waals surface area (Å²) in [6.07, 6.45) is 3.06. The van der Waals surface area contributed by atoms with Gasteiger partial charge in [-0.25, -0.2) is 0 Å². The van der Waals surface area contributed by atoms with Gasteiger partial charge < -0.3 is 10.1 Å². The van der Waals surface area contributed by atoms with Gasteiger partial charge in [-0.2, -0.15) is 5.10 Å². The number of amides is 1. The minimum absolute atomic E-state index is 0.0107. The van der Waals surface area contributed by atoms with Crippen molar-refractivity contribution in [2.45, 2.75) is 13.5 Å². The molecule has 0 unspecified atom stereocenters. The highest BCUT2D eigenvalue weighted by Gasteiger charge is 2.09.